The van der Waals surface area contributed by atoms with E-state index in [1.165, 1.54) is 11.1 Å². The number of imidazole rings is 1. The highest BCUT2D eigenvalue weighted by atomic mass is 16.3. The second-order valence-electron chi connectivity index (χ2n) is 17.9. The Hall–Kier alpha value is -6.46. The molecule has 1 N–H and O–H groups in total. The summed E-state index contributed by atoms with van der Waals surface area (Å²) in [6.45, 7) is 17.7. The highest BCUT2D eigenvalue weighted by Gasteiger charge is 2.30. The minimum Gasteiger partial charge on any atom is -0.507 e. The van der Waals surface area contributed by atoms with E-state index in [-0.39, 0.29) is 22.5 Å². The van der Waals surface area contributed by atoms with E-state index in [0.717, 1.165) is 77.7 Å². The van der Waals surface area contributed by atoms with Gasteiger partial charge in [-0.05, 0) is 99.2 Å². The molecule has 0 bridgehead atoms. The highest BCUT2D eigenvalue weighted by Crippen LogP contribution is 2.47. The summed E-state index contributed by atoms with van der Waals surface area (Å²) < 4.78 is 8.85. The fraction of sp³-hybridized carbons (Fsp3) is 0.208. The lowest BCUT2D eigenvalue weighted by molar-refractivity contribution is 0.446. The number of hydrogen-bond acceptors (Lipinski definition) is 4. The molecule has 0 radical (unpaired) electrons. The molecule has 5 nitrogen and oxygen atoms in total. The van der Waals surface area contributed by atoms with Crippen LogP contribution in [0, 0.1) is 0 Å². The molecule has 9 aromatic rings. The van der Waals surface area contributed by atoms with Crippen LogP contribution in [0.2, 0.25) is 0 Å². The third-order valence-electron chi connectivity index (χ3n) is 11.4. The Bertz CT molecular complexity index is 2990. The normalized spacial score (nSPS) is 12.4. The van der Waals surface area contributed by atoms with Crippen molar-refractivity contribution in [1.82, 2.24) is 14.5 Å². The van der Waals surface area contributed by atoms with Crippen molar-refractivity contribution in [2.45, 2.75) is 72.1 Å². The van der Waals surface area contributed by atoms with Crippen molar-refractivity contribution in [2.75, 3.05) is 0 Å². The molecule has 58 heavy (non-hydrogen) atoms. The van der Waals surface area contributed by atoms with Gasteiger partial charge in [0.1, 0.15) is 22.7 Å². The maximum absolute atomic E-state index is 12.4. The van der Waals surface area contributed by atoms with Gasteiger partial charge >= 0.3 is 0 Å². The predicted molar refractivity (Wildman–Crippen MR) is 241 cm³/mol. The van der Waals surface area contributed by atoms with Crippen molar-refractivity contribution in [3.63, 3.8) is 0 Å². The fourth-order valence-corrected chi connectivity index (χ4v) is 8.33. The van der Waals surface area contributed by atoms with Gasteiger partial charge in [-0.3, -0.25) is 9.55 Å². The maximum Gasteiger partial charge on any atom is 0.149 e. The molecule has 288 valence electrons. The van der Waals surface area contributed by atoms with Crippen LogP contribution in [0.1, 0.15) is 78.0 Å². The lowest BCUT2D eigenvalue weighted by Gasteiger charge is -2.28. The number of phenolic OH excluding ortho intramolecular Hbond substituents is 1. The molecule has 0 amide bonds. The molecule has 0 aliphatic rings. The average molecular weight is 760 g/mol. The van der Waals surface area contributed by atoms with Crippen LogP contribution in [0.3, 0.4) is 0 Å². The zero-order valence-corrected chi connectivity index (χ0v) is 34.6. The number of pyridine rings is 1. The number of para-hydroxylation sites is 2. The van der Waals surface area contributed by atoms with Gasteiger partial charge in [-0.25, -0.2) is 4.98 Å². The van der Waals surface area contributed by atoms with E-state index >= 15 is 0 Å². The van der Waals surface area contributed by atoms with Crippen LogP contribution >= 0.6 is 0 Å². The minimum absolute atomic E-state index is 0.176. The first-order valence-corrected chi connectivity index (χ1v) is 20.2. The summed E-state index contributed by atoms with van der Waals surface area (Å²) >= 11 is 0. The lowest BCUT2D eigenvalue weighted by atomic mass is 9.79. The SMILES string of the molecule is CC(C)c1cc(-c2ccccc2)ccc1-n1c(-c2cc(C(C)(C)C)cc(C(C)(C)C)c2O)nc2c(-c3cc(-c4ccccn4)cc4oc5ccccc5c34)cccc21. The van der Waals surface area contributed by atoms with E-state index in [1.807, 2.05) is 36.5 Å². The molecular formula is C53H49N3O2. The van der Waals surface area contributed by atoms with Gasteiger partial charge in [0.05, 0.1) is 28.0 Å². The van der Waals surface area contributed by atoms with Gasteiger partial charge in [-0.1, -0.05) is 134 Å². The molecule has 0 aliphatic carbocycles. The number of nitrogens with zero attached hydrogens (tertiary/aromatic N) is 3. The number of aromatic hydroxyl groups is 1. The molecule has 0 spiro atoms. The van der Waals surface area contributed by atoms with Gasteiger partial charge in [0, 0.05) is 33.7 Å². The zero-order chi connectivity index (χ0) is 40.5. The lowest BCUT2D eigenvalue weighted by Crippen LogP contribution is -2.17. The molecule has 9 rings (SSSR count). The predicted octanol–water partition coefficient (Wildman–Crippen LogP) is 14.4. The third kappa shape index (κ3) is 6.35. The second-order valence-corrected chi connectivity index (χ2v) is 17.9. The van der Waals surface area contributed by atoms with Crippen LogP contribution in [0.4, 0.5) is 0 Å². The van der Waals surface area contributed by atoms with E-state index in [4.69, 9.17) is 14.4 Å². The van der Waals surface area contributed by atoms with Crippen LogP contribution in [0.15, 0.2) is 144 Å². The molecule has 6 aromatic carbocycles. The Morgan fingerprint density at radius 1 is 0.621 bits per heavy atom. The van der Waals surface area contributed by atoms with Crippen molar-refractivity contribution < 1.29 is 9.52 Å². The van der Waals surface area contributed by atoms with E-state index in [0.29, 0.717) is 11.4 Å². The Morgan fingerprint density at radius 2 is 1.38 bits per heavy atom. The van der Waals surface area contributed by atoms with Crippen molar-refractivity contribution in [1.29, 1.82) is 0 Å². The molecule has 0 saturated heterocycles. The maximum atomic E-state index is 12.4. The summed E-state index contributed by atoms with van der Waals surface area (Å²) in [4.78, 5) is 10.4. The van der Waals surface area contributed by atoms with Crippen molar-refractivity contribution in [3.8, 4) is 56.3 Å². The van der Waals surface area contributed by atoms with Crippen molar-refractivity contribution in [2.24, 2.45) is 0 Å². The van der Waals surface area contributed by atoms with Crippen molar-refractivity contribution >= 4 is 33.0 Å². The molecule has 0 saturated carbocycles. The van der Waals surface area contributed by atoms with Gasteiger partial charge in [0.15, 0.2) is 0 Å². The second kappa shape index (κ2) is 13.9. The molecule has 3 aromatic heterocycles. The van der Waals surface area contributed by atoms with Crippen molar-refractivity contribution in [3.05, 3.63) is 156 Å². The number of furan rings is 1. The molecule has 0 atom stereocenters. The topological polar surface area (TPSA) is 64.1 Å². The fourth-order valence-electron chi connectivity index (χ4n) is 8.33. The third-order valence-corrected chi connectivity index (χ3v) is 11.4. The Kier molecular flexibility index (Phi) is 8.89. The van der Waals surface area contributed by atoms with Gasteiger partial charge in [0.25, 0.3) is 0 Å². The standard InChI is InChI=1S/C53H49N3O2/c1-32(2)39-27-34(33-17-10-9-11-18-33)24-25-44(39)56-45-22-16-20-37(49(45)55-51(56)41-30-36(52(3,4)5)31-42(50(41)57)53(6,7)8)40-28-35(43-21-14-15-26-54-43)29-47-48(40)38-19-12-13-23-46(38)58-47/h9-32,57H,1-8H3. The first-order chi connectivity index (χ1) is 27.8. The quantitative estimate of drug-likeness (QED) is 0.183. The first kappa shape index (κ1) is 37.1. The van der Waals surface area contributed by atoms with E-state index in [1.54, 1.807) is 0 Å². The number of phenols is 1. The molecule has 0 fully saturated rings. The summed E-state index contributed by atoms with van der Waals surface area (Å²) in [7, 11) is 0. The number of benzene rings is 6. The summed E-state index contributed by atoms with van der Waals surface area (Å²) in [5.41, 5.74) is 14.0. The Balaban J connectivity index is 1.41. The number of hydrogen-bond donors (Lipinski definition) is 1. The monoisotopic (exact) mass is 759 g/mol. The highest BCUT2D eigenvalue weighted by molar-refractivity contribution is 6.16. The smallest absolute Gasteiger partial charge is 0.149 e. The van der Waals surface area contributed by atoms with Crippen LogP contribution in [0.25, 0.3) is 83.6 Å². The molecule has 0 aliphatic heterocycles. The van der Waals surface area contributed by atoms with Gasteiger partial charge in [-0.15, -0.1) is 0 Å². The summed E-state index contributed by atoms with van der Waals surface area (Å²) in [6.07, 6.45) is 1.83. The minimum atomic E-state index is -0.317. The van der Waals surface area contributed by atoms with Crippen LogP contribution in [-0.4, -0.2) is 19.6 Å². The Labute approximate surface area is 340 Å². The average Bonchev–Trinajstić information content (AvgIpc) is 3.79. The number of fused-ring (bicyclic) bond motifs is 4. The van der Waals surface area contributed by atoms with Crippen LogP contribution in [-0.2, 0) is 10.8 Å². The van der Waals surface area contributed by atoms with Crippen LogP contribution in [0.5, 0.6) is 5.75 Å². The zero-order valence-electron chi connectivity index (χ0n) is 34.6. The Morgan fingerprint density at radius 3 is 2.10 bits per heavy atom. The number of rotatable bonds is 6. The van der Waals surface area contributed by atoms with E-state index in [2.05, 4.69) is 163 Å². The molecular weight excluding hydrogens is 711 g/mol. The summed E-state index contributed by atoms with van der Waals surface area (Å²) in [5.74, 6) is 1.14. The van der Waals surface area contributed by atoms with Gasteiger partial charge in [0.2, 0.25) is 0 Å². The van der Waals surface area contributed by atoms with Gasteiger partial charge < -0.3 is 9.52 Å². The summed E-state index contributed by atoms with van der Waals surface area (Å²) in [6, 6.07) is 46.6. The largest absolute Gasteiger partial charge is 0.507 e. The number of aromatic nitrogens is 3. The molecule has 0 unspecified atom stereocenters. The molecule has 5 heteroatoms. The first-order valence-electron chi connectivity index (χ1n) is 20.2. The molecule has 3 heterocycles. The van der Waals surface area contributed by atoms with Gasteiger partial charge in [-0.2, -0.15) is 0 Å². The van der Waals surface area contributed by atoms with Crippen LogP contribution < -0.4 is 0 Å². The van der Waals surface area contributed by atoms with E-state index in [9.17, 15) is 5.11 Å². The van der Waals surface area contributed by atoms with E-state index < -0.39 is 0 Å². The summed E-state index contributed by atoms with van der Waals surface area (Å²) in [5, 5.41) is 14.5.